The van der Waals surface area contributed by atoms with Gasteiger partial charge in [0.1, 0.15) is 0 Å². The molecule has 1 aliphatic rings. The summed E-state index contributed by atoms with van der Waals surface area (Å²) < 4.78 is 1.83. The summed E-state index contributed by atoms with van der Waals surface area (Å²) in [5.41, 5.74) is 8.15. The summed E-state index contributed by atoms with van der Waals surface area (Å²) in [6, 6.07) is 10.1. The molecule has 1 aliphatic heterocycles. The maximum absolute atomic E-state index is 5.85. The molecule has 1 unspecified atom stereocenters. The van der Waals surface area contributed by atoms with Gasteiger partial charge in [-0.2, -0.15) is 0 Å². The lowest BCUT2D eigenvalue weighted by molar-refractivity contribution is 0.272. The van der Waals surface area contributed by atoms with Gasteiger partial charge in [0.25, 0.3) is 0 Å². The predicted octanol–water partition coefficient (Wildman–Crippen LogP) is 1.86. The third-order valence-corrected chi connectivity index (χ3v) is 4.08. The van der Waals surface area contributed by atoms with E-state index in [1.165, 1.54) is 0 Å². The summed E-state index contributed by atoms with van der Waals surface area (Å²) in [4.78, 5) is 2.41. The molecule has 5 nitrogen and oxygen atoms in total. The number of rotatable bonds is 4. The molecule has 0 radical (unpaired) electrons. The summed E-state index contributed by atoms with van der Waals surface area (Å²) in [6.45, 7) is 5.99. The van der Waals surface area contributed by atoms with Crippen LogP contribution < -0.4 is 5.73 Å². The van der Waals surface area contributed by atoms with Crippen molar-refractivity contribution in [1.82, 2.24) is 19.9 Å². The van der Waals surface area contributed by atoms with Crippen LogP contribution in [0.4, 0.5) is 0 Å². The molecule has 1 atom stereocenters. The van der Waals surface area contributed by atoms with E-state index >= 15 is 0 Å². The highest BCUT2D eigenvalue weighted by Crippen LogP contribution is 2.29. The Bertz CT molecular complexity index is 570. The Morgan fingerprint density at radius 2 is 2.05 bits per heavy atom. The first-order chi connectivity index (χ1) is 9.68. The normalized spacial score (nSPS) is 22.2. The first kappa shape index (κ1) is 15.9. The van der Waals surface area contributed by atoms with Crippen molar-refractivity contribution in [2.75, 3.05) is 19.6 Å². The Morgan fingerprint density at radius 3 is 2.71 bits per heavy atom. The highest BCUT2D eigenvalue weighted by Gasteiger charge is 2.32. The molecule has 2 N–H and O–H groups in total. The molecule has 2 aromatic rings. The molecule has 3 rings (SSSR count). The summed E-state index contributed by atoms with van der Waals surface area (Å²) in [6.07, 6.45) is 3.17. The monoisotopic (exact) mass is 307 g/mol. The van der Waals surface area contributed by atoms with E-state index in [0.717, 1.165) is 44.0 Å². The Hall–Kier alpha value is -1.43. The topological polar surface area (TPSA) is 60.0 Å². The standard InChI is InChI=1S/C15H21N5.ClH/c1-15(11-16)7-8-19(12-15)9-13-10-20(18-17-13)14-5-3-2-4-6-14;/h2-6,10H,7-9,11-12,16H2,1H3;1H. The molecule has 0 bridgehead atoms. The van der Waals surface area contributed by atoms with Gasteiger partial charge in [0.2, 0.25) is 0 Å². The fourth-order valence-corrected chi connectivity index (χ4v) is 2.73. The minimum atomic E-state index is 0. The largest absolute Gasteiger partial charge is 0.330 e. The molecule has 2 heterocycles. The van der Waals surface area contributed by atoms with Gasteiger partial charge < -0.3 is 5.73 Å². The van der Waals surface area contributed by atoms with Gasteiger partial charge in [-0.15, -0.1) is 17.5 Å². The van der Waals surface area contributed by atoms with Gasteiger partial charge in [-0.1, -0.05) is 30.3 Å². The van der Waals surface area contributed by atoms with Crippen molar-refractivity contribution in [3.63, 3.8) is 0 Å². The Morgan fingerprint density at radius 1 is 1.29 bits per heavy atom. The van der Waals surface area contributed by atoms with E-state index in [1.54, 1.807) is 0 Å². The van der Waals surface area contributed by atoms with E-state index < -0.39 is 0 Å². The average Bonchev–Trinajstić information content (AvgIpc) is 3.08. The molecule has 0 amide bonds. The molecular weight excluding hydrogens is 286 g/mol. The van der Waals surface area contributed by atoms with E-state index in [9.17, 15) is 0 Å². The molecule has 1 aromatic heterocycles. The van der Waals surface area contributed by atoms with Crippen LogP contribution in [0.5, 0.6) is 0 Å². The second-order valence-electron chi connectivity index (χ2n) is 5.97. The van der Waals surface area contributed by atoms with Gasteiger partial charge in [0.05, 0.1) is 17.6 Å². The van der Waals surface area contributed by atoms with Crippen LogP contribution in [0.15, 0.2) is 36.5 Å². The predicted molar refractivity (Wildman–Crippen MR) is 85.7 cm³/mol. The Balaban J connectivity index is 0.00000161. The number of nitrogens with zero attached hydrogens (tertiary/aromatic N) is 4. The third-order valence-electron chi connectivity index (χ3n) is 4.08. The average molecular weight is 308 g/mol. The number of likely N-dealkylation sites (tertiary alicyclic amines) is 1. The van der Waals surface area contributed by atoms with Gasteiger partial charge in [0, 0.05) is 13.1 Å². The zero-order valence-corrected chi connectivity index (χ0v) is 13.1. The van der Waals surface area contributed by atoms with Gasteiger partial charge >= 0.3 is 0 Å². The number of para-hydroxylation sites is 1. The molecule has 1 aromatic carbocycles. The van der Waals surface area contributed by atoms with Crippen molar-refractivity contribution >= 4 is 12.4 Å². The van der Waals surface area contributed by atoms with Crippen LogP contribution >= 0.6 is 12.4 Å². The summed E-state index contributed by atoms with van der Waals surface area (Å²) >= 11 is 0. The molecular formula is C15H22ClN5. The molecule has 1 saturated heterocycles. The van der Waals surface area contributed by atoms with Crippen LogP contribution in [0.25, 0.3) is 5.69 Å². The van der Waals surface area contributed by atoms with Crippen LogP contribution in [-0.2, 0) is 6.54 Å². The van der Waals surface area contributed by atoms with E-state index in [0.29, 0.717) is 0 Å². The van der Waals surface area contributed by atoms with Crippen molar-refractivity contribution in [3.8, 4) is 5.69 Å². The fourth-order valence-electron chi connectivity index (χ4n) is 2.73. The van der Waals surface area contributed by atoms with Crippen molar-refractivity contribution < 1.29 is 0 Å². The van der Waals surface area contributed by atoms with E-state index in [4.69, 9.17) is 5.73 Å². The summed E-state index contributed by atoms with van der Waals surface area (Å²) in [7, 11) is 0. The Kier molecular flexibility index (Phi) is 4.98. The number of hydrogen-bond acceptors (Lipinski definition) is 4. The van der Waals surface area contributed by atoms with E-state index in [2.05, 4.69) is 22.1 Å². The zero-order chi connectivity index (χ0) is 14.0. The third kappa shape index (κ3) is 3.61. The number of nitrogens with two attached hydrogens (primary N) is 1. The molecule has 0 aliphatic carbocycles. The highest BCUT2D eigenvalue weighted by atomic mass is 35.5. The lowest BCUT2D eigenvalue weighted by atomic mass is 9.90. The SMILES string of the molecule is CC1(CN)CCN(Cc2cn(-c3ccccc3)nn2)C1.Cl. The van der Waals surface area contributed by atoms with Gasteiger partial charge in [0.15, 0.2) is 0 Å². The summed E-state index contributed by atoms with van der Waals surface area (Å²) in [5.74, 6) is 0. The van der Waals surface area contributed by atoms with Crippen molar-refractivity contribution in [2.24, 2.45) is 11.1 Å². The van der Waals surface area contributed by atoms with Gasteiger partial charge in [-0.05, 0) is 37.1 Å². The van der Waals surface area contributed by atoms with Crippen molar-refractivity contribution in [1.29, 1.82) is 0 Å². The van der Waals surface area contributed by atoms with Crippen LogP contribution in [0.3, 0.4) is 0 Å². The van der Waals surface area contributed by atoms with Crippen LogP contribution in [0.1, 0.15) is 19.0 Å². The number of benzene rings is 1. The molecule has 114 valence electrons. The second-order valence-corrected chi connectivity index (χ2v) is 5.97. The van der Waals surface area contributed by atoms with E-state index in [1.807, 2.05) is 41.2 Å². The molecule has 0 saturated carbocycles. The maximum atomic E-state index is 5.85. The lowest BCUT2D eigenvalue weighted by Gasteiger charge is -2.21. The van der Waals surface area contributed by atoms with E-state index in [-0.39, 0.29) is 17.8 Å². The van der Waals surface area contributed by atoms with Crippen molar-refractivity contribution in [3.05, 3.63) is 42.2 Å². The minimum Gasteiger partial charge on any atom is -0.330 e. The van der Waals surface area contributed by atoms with Gasteiger partial charge in [-0.3, -0.25) is 4.90 Å². The van der Waals surface area contributed by atoms with Gasteiger partial charge in [-0.25, -0.2) is 4.68 Å². The van der Waals surface area contributed by atoms with Crippen LogP contribution in [-0.4, -0.2) is 39.5 Å². The number of halogens is 1. The molecule has 0 spiro atoms. The smallest absolute Gasteiger partial charge is 0.0971 e. The molecule has 6 heteroatoms. The maximum Gasteiger partial charge on any atom is 0.0971 e. The molecule has 21 heavy (non-hydrogen) atoms. The fraction of sp³-hybridized carbons (Fsp3) is 0.467. The first-order valence-corrected chi connectivity index (χ1v) is 7.08. The first-order valence-electron chi connectivity index (χ1n) is 7.08. The molecule has 1 fully saturated rings. The quantitative estimate of drug-likeness (QED) is 0.936. The van der Waals surface area contributed by atoms with Crippen molar-refractivity contribution in [2.45, 2.75) is 19.9 Å². The number of hydrogen-bond donors (Lipinski definition) is 1. The Labute approximate surface area is 131 Å². The van der Waals surface area contributed by atoms with Crippen LogP contribution in [0.2, 0.25) is 0 Å². The zero-order valence-electron chi connectivity index (χ0n) is 12.3. The second kappa shape index (κ2) is 6.56. The number of aromatic nitrogens is 3. The van der Waals surface area contributed by atoms with Crippen LogP contribution in [0, 0.1) is 5.41 Å². The minimum absolute atomic E-state index is 0. The highest BCUT2D eigenvalue weighted by molar-refractivity contribution is 5.85. The summed E-state index contributed by atoms with van der Waals surface area (Å²) in [5, 5.41) is 8.47. The lowest BCUT2D eigenvalue weighted by Crippen LogP contribution is -2.31.